The third kappa shape index (κ3) is 3.05. The number of hydrogen-bond donors (Lipinski definition) is 2. The summed E-state index contributed by atoms with van der Waals surface area (Å²) in [6, 6.07) is 6.29. The second-order valence-electron chi connectivity index (χ2n) is 4.94. The maximum absolute atomic E-state index is 13.5. The summed E-state index contributed by atoms with van der Waals surface area (Å²) in [7, 11) is 1.90. The molecule has 0 saturated heterocycles. The highest BCUT2D eigenvalue weighted by Gasteiger charge is 2.13. The molecule has 0 spiro atoms. The van der Waals surface area contributed by atoms with Crippen LogP contribution in [-0.4, -0.2) is 21.4 Å². The van der Waals surface area contributed by atoms with Crippen molar-refractivity contribution in [1.82, 2.24) is 15.1 Å². The molecule has 0 radical (unpaired) electrons. The summed E-state index contributed by atoms with van der Waals surface area (Å²) >= 11 is 0. The number of halogens is 1. The van der Waals surface area contributed by atoms with E-state index in [0.717, 1.165) is 17.0 Å². The molecule has 5 heteroatoms. The van der Waals surface area contributed by atoms with Gasteiger partial charge in [0.2, 0.25) is 0 Å². The molecule has 0 amide bonds. The highest BCUT2D eigenvalue weighted by Crippen LogP contribution is 2.16. The van der Waals surface area contributed by atoms with E-state index in [9.17, 15) is 9.50 Å². The summed E-state index contributed by atoms with van der Waals surface area (Å²) < 4.78 is 15.4. The molecule has 0 fully saturated rings. The Hall–Kier alpha value is -1.72. The number of aliphatic hydroxyl groups excluding tert-OH is 1. The van der Waals surface area contributed by atoms with Gasteiger partial charge in [-0.2, -0.15) is 5.10 Å². The van der Waals surface area contributed by atoms with Crippen molar-refractivity contribution in [2.75, 3.05) is 6.54 Å². The first-order valence-electron chi connectivity index (χ1n) is 6.63. The largest absolute Gasteiger partial charge is 0.387 e. The van der Waals surface area contributed by atoms with Gasteiger partial charge in [-0.1, -0.05) is 18.2 Å². The first-order chi connectivity index (χ1) is 9.50. The van der Waals surface area contributed by atoms with Crippen LogP contribution >= 0.6 is 0 Å². The quantitative estimate of drug-likeness (QED) is 0.879. The fraction of sp³-hybridized carbons (Fsp3) is 0.400. The van der Waals surface area contributed by atoms with Crippen molar-refractivity contribution < 1.29 is 9.50 Å². The van der Waals surface area contributed by atoms with Crippen LogP contribution in [0.15, 0.2) is 24.3 Å². The van der Waals surface area contributed by atoms with Crippen LogP contribution in [0, 0.1) is 19.7 Å². The second kappa shape index (κ2) is 6.15. The molecule has 1 unspecified atom stereocenters. The molecule has 1 aromatic carbocycles. The normalized spacial score (nSPS) is 12.7. The number of nitrogens with zero attached hydrogens (tertiary/aromatic N) is 2. The lowest BCUT2D eigenvalue weighted by molar-refractivity contribution is 0.169. The Balaban J connectivity index is 1.95. The van der Waals surface area contributed by atoms with E-state index in [4.69, 9.17) is 0 Å². The number of rotatable bonds is 5. The SMILES string of the molecule is Cc1nn(C)c(C)c1CNCC(O)c1ccccc1F. The van der Waals surface area contributed by atoms with Crippen molar-refractivity contribution in [2.45, 2.75) is 26.5 Å². The molecule has 0 aliphatic heterocycles. The lowest BCUT2D eigenvalue weighted by atomic mass is 10.1. The molecule has 1 aromatic heterocycles. The molecule has 0 saturated carbocycles. The maximum atomic E-state index is 13.5. The van der Waals surface area contributed by atoms with Crippen molar-refractivity contribution >= 4 is 0 Å². The summed E-state index contributed by atoms with van der Waals surface area (Å²) in [5.41, 5.74) is 3.50. The van der Waals surface area contributed by atoms with Gasteiger partial charge < -0.3 is 10.4 Å². The third-order valence-corrected chi connectivity index (χ3v) is 3.56. The van der Waals surface area contributed by atoms with Crippen molar-refractivity contribution in [3.8, 4) is 0 Å². The van der Waals surface area contributed by atoms with E-state index in [1.54, 1.807) is 18.2 Å². The van der Waals surface area contributed by atoms with Gasteiger partial charge in [0.1, 0.15) is 5.82 Å². The van der Waals surface area contributed by atoms with Crippen LogP contribution in [0.2, 0.25) is 0 Å². The minimum Gasteiger partial charge on any atom is -0.387 e. The maximum Gasteiger partial charge on any atom is 0.129 e. The average molecular weight is 277 g/mol. The standard InChI is InChI=1S/C15H20FN3O/c1-10-13(11(2)19(3)18-10)8-17-9-15(20)12-6-4-5-7-14(12)16/h4-7,15,17,20H,8-9H2,1-3H3. The zero-order valence-electron chi connectivity index (χ0n) is 12.0. The molecule has 2 N–H and O–H groups in total. The van der Waals surface area contributed by atoms with E-state index in [1.165, 1.54) is 6.07 Å². The Morgan fingerprint density at radius 1 is 1.35 bits per heavy atom. The molecule has 108 valence electrons. The average Bonchev–Trinajstić information content (AvgIpc) is 2.65. The number of benzene rings is 1. The number of aryl methyl sites for hydroxylation is 2. The zero-order valence-corrected chi connectivity index (χ0v) is 12.0. The van der Waals surface area contributed by atoms with Gasteiger partial charge in [0.05, 0.1) is 11.8 Å². The van der Waals surface area contributed by atoms with E-state index in [1.807, 2.05) is 25.6 Å². The van der Waals surface area contributed by atoms with Gasteiger partial charge in [0.25, 0.3) is 0 Å². The van der Waals surface area contributed by atoms with Crippen LogP contribution in [0.1, 0.15) is 28.6 Å². The smallest absolute Gasteiger partial charge is 0.129 e. The van der Waals surface area contributed by atoms with Crippen LogP contribution in [0.3, 0.4) is 0 Å². The van der Waals surface area contributed by atoms with Crippen LogP contribution in [0.4, 0.5) is 4.39 Å². The predicted octanol–water partition coefficient (Wildman–Crippen LogP) is 2.00. The summed E-state index contributed by atoms with van der Waals surface area (Å²) in [4.78, 5) is 0. The van der Waals surface area contributed by atoms with Crippen LogP contribution in [0.5, 0.6) is 0 Å². The van der Waals surface area contributed by atoms with Gasteiger partial charge in [0.15, 0.2) is 0 Å². The van der Waals surface area contributed by atoms with Gasteiger partial charge in [0, 0.05) is 37.0 Å². The Morgan fingerprint density at radius 3 is 2.65 bits per heavy atom. The Morgan fingerprint density at radius 2 is 2.05 bits per heavy atom. The third-order valence-electron chi connectivity index (χ3n) is 3.56. The molecule has 2 aromatic rings. The van der Waals surface area contributed by atoms with Crippen molar-refractivity contribution in [1.29, 1.82) is 0 Å². The first kappa shape index (κ1) is 14.7. The topological polar surface area (TPSA) is 50.1 Å². The van der Waals surface area contributed by atoms with Crippen molar-refractivity contribution in [2.24, 2.45) is 7.05 Å². The Labute approximate surface area is 118 Å². The minimum atomic E-state index is -0.853. The number of nitrogens with one attached hydrogen (secondary N) is 1. The van der Waals surface area contributed by atoms with E-state index in [2.05, 4.69) is 10.4 Å². The molecule has 1 heterocycles. The summed E-state index contributed by atoms with van der Waals surface area (Å²) in [6.07, 6.45) is -0.853. The Bertz CT molecular complexity index is 595. The van der Waals surface area contributed by atoms with Crippen molar-refractivity contribution in [3.63, 3.8) is 0 Å². The Kier molecular flexibility index (Phi) is 4.52. The molecule has 0 aliphatic rings. The van der Waals surface area contributed by atoms with Crippen LogP contribution in [-0.2, 0) is 13.6 Å². The molecule has 1 atom stereocenters. The van der Waals surface area contributed by atoms with Gasteiger partial charge in [-0.05, 0) is 19.9 Å². The zero-order chi connectivity index (χ0) is 14.7. The molecule has 20 heavy (non-hydrogen) atoms. The van der Waals surface area contributed by atoms with Gasteiger partial charge in [-0.25, -0.2) is 4.39 Å². The fourth-order valence-corrected chi connectivity index (χ4v) is 2.26. The van der Waals surface area contributed by atoms with Crippen molar-refractivity contribution in [3.05, 3.63) is 52.6 Å². The van der Waals surface area contributed by atoms with E-state index in [0.29, 0.717) is 18.7 Å². The molecular weight excluding hydrogens is 257 g/mol. The lowest BCUT2D eigenvalue weighted by Crippen LogP contribution is -2.22. The van der Waals surface area contributed by atoms with Gasteiger partial charge >= 0.3 is 0 Å². The molecule has 2 rings (SSSR count). The highest BCUT2D eigenvalue weighted by molar-refractivity contribution is 5.24. The summed E-state index contributed by atoms with van der Waals surface area (Å²) in [5.74, 6) is -0.379. The first-order valence-corrected chi connectivity index (χ1v) is 6.63. The van der Waals surface area contributed by atoms with E-state index >= 15 is 0 Å². The van der Waals surface area contributed by atoms with E-state index in [-0.39, 0.29) is 5.82 Å². The number of hydrogen-bond acceptors (Lipinski definition) is 3. The van der Waals surface area contributed by atoms with Crippen LogP contribution in [0.25, 0.3) is 0 Å². The summed E-state index contributed by atoms with van der Waals surface area (Å²) in [6.45, 7) is 4.87. The number of aliphatic hydroxyl groups is 1. The molecule has 4 nitrogen and oxygen atoms in total. The fourth-order valence-electron chi connectivity index (χ4n) is 2.26. The van der Waals surface area contributed by atoms with Gasteiger partial charge in [-0.15, -0.1) is 0 Å². The number of aromatic nitrogens is 2. The van der Waals surface area contributed by atoms with E-state index < -0.39 is 6.10 Å². The predicted molar refractivity (Wildman–Crippen MR) is 75.7 cm³/mol. The monoisotopic (exact) mass is 277 g/mol. The highest BCUT2D eigenvalue weighted by atomic mass is 19.1. The van der Waals surface area contributed by atoms with Crippen LogP contribution < -0.4 is 5.32 Å². The molecular formula is C15H20FN3O. The molecule has 0 aliphatic carbocycles. The van der Waals surface area contributed by atoms with Gasteiger partial charge in [-0.3, -0.25) is 4.68 Å². The minimum absolute atomic E-state index is 0.300. The summed E-state index contributed by atoms with van der Waals surface area (Å²) in [5, 5.41) is 17.5. The molecule has 0 bridgehead atoms. The lowest BCUT2D eigenvalue weighted by Gasteiger charge is -2.13. The second-order valence-corrected chi connectivity index (χ2v) is 4.94.